The van der Waals surface area contributed by atoms with Gasteiger partial charge in [-0.05, 0) is 36.2 Å². The van der Waals surface area contributed by atoms with Gasteiger partial charge in [0.25, 0.3) is 0 Å². The first kappa shape index (κ1) is 18.8. The van der Waals surface area contributed by atoms with E-state index in [4.69, 9.17) is 4.42 Å². The number of hydrogen-bond acceptors (Lipinski definition) is 3. The van der Waals surface area contributed by atoms with Gasteiger partial charge in [-0.3, -0.25) is 9.59 Å². The summed E-state index contributed by atoms with van der Waals surface area (Å²) in [5.74, 6) is -0.355. The molecule has 1 heterocycles. The molecule has 0 saturated carbocycles. The van der Waals surface area contributed by atoms with Gasteiger partial charge in [0.1, 0.15) is 11.4 Å². The van der Waals surface area contributed by atoms with Crippen molar-refractivity contribution in [2.45, 2.75) is 39.3 Å². The summed E-state index contributed by atoms with van der Waals surface area (Å²) in [6, 6.07) is 13.1. The minimum atomic E-state index is -0.321. The van der Waals surface area contributed by atoms with Crippen LogP contribution in [0.25, 0.3) is 11.0 Å². The molecule has 1 amide bonds. The molecular weight excluding hydrogens is 345 g/mol. The lowest BCUT2D eigenvalue weighted by molar-refractivity contribution is -0.132. The normalized spacial score (nSPS) is 10.9. The maximum Gasteiger partial charge on any atom is 0.223 e. The molecule has 0 saturated heterocycles. The number of hydrogen-bond donors (Lipinski definition) is 0. The molecule has 140 valence electrons. The van der Waals surface area contributed by atoms with Crippen molar-refractivity contribution in [3.05, 3.63) is 82.0 Å². The number of benzene rings is 2. The average molecular weight is 367 g/mol. The third-order valence-electron chi connectivity index (χ3n) is 4.50. The Balaban J connectivity index is 1.88. The fourth-order valence-electron chi connectivity index (χ4n) is 2.96. The first-order chi connectivity index (χ1) is 13.1. The van der Waals surface area contributed by atoms with Crippen LogP contribution in [0.15, 0.2) is 64.0 Å². The van der Waals surface area contributed by atoms with Crippen molar-refractivity contribution in [2.75, 3.05) is 0 Å². The van der Waals surface area contributed by atoms with Gasteiger partial charge < -0.3 is 9.32 Å². The maximum atomic E-state index is 13.2. The van der Waals surface area contributed by atoms with E-state index in [0.29, 0.717) is 29.5 Å². The van der Waals surface area contributed by atoms with Crippen LogP contribution >= 0.6 is 0 Å². The van der Waals surface area contributed by atoms with Crippen molar-refractivity contribution in [3.63, 3.8) is 0 Å². The van der Waals surface area contributed by atoms with Crippen LogP contribution in [-0.4, -0.2) is 10.8 Å². The van der Waals surface area contributed by atoms with Crippen LogP contribution in [-0.2, 0) is 17.9 Å². The number of amides is 1. The second-order valence-corrected chi connectivity index (χ2v) is 6.57. The number of unbranched alkanes of at least 4 members (excludes halogenated alkanes) is 1. The second kappa shape index (κ2) is 8.62. The third-order valence-corrected chi connectivity index (χ3v) is 4.50. The van der Waals surface area contributed by atoms with Crippen molar-refractivity contribution in [2.24, 2.45) is 0 Å². The van der Waals surface area contributed by atoms with Gasteiger partial charge in [0.05, 0.1) is 23.8 Å². The largest absolute Gasteiger partial charge is 0.464 e. The molecule has 4 nitrogen and oxygen atoms in total. The molecule has 2 aromatic carbocycles. The van der Waals surface area contributed by atoms with Crippen molar-refractivity contribution in [1.82, 2.24) is 4.90 Å². The Kier molecular flexibility index (Phi) is 6.01. The van der Waals surface area contributed by atoms with E-state index in [2.05, 4.69) is 0 Å². The smallest absolute Gasteiger partial charge is 0.223 e. The predicted octanol–water partition coefficient (Wildman–Crippen LogP) is 4.65. The minimum Gasteiger partial charge on any atom is -0.464 e. The molecule has 0 aliphatic carbocycles. The number of rotatable bonds is 7. The highest BCUT2D eigenvalue weighted by Crippen LogP contribution is 2.15. The Morgan fingerprint density at radius 1 is 1.07 bits per heavy atom. The zero-order valence-corrected chi connectivity index (χ0v) is 15.3. The van der Waals surface area contributed by atoms with Crippen LogP contribution in [0.2, 0.25) is 0 Å². The van der Waals surface area contributed by atoms with Gasteiger partial charge in [0.15, 0.2) is 5.43 Å². The van der Waals surface area contributed by atoms with Crippen LogP contribution in [0.4, 0.5) is 4.39 Å². The SMILES string of the molecule is CCCCC(=O)N(Cc1ccc(F)cc1)Cc1coc2ccccc2c1=O. The Morgan fingerprint density at radius 2 is 1.81 bits per heavy atom. The summed E-state index contributed by atoms with van der Waals surface area (Å²) in [6.45, 7) is 2.50. The Morgan fingerprint density at radius 3 is 2.56 bits per heavy atom. The van der Waals surface area contributed by atoms with Crippen LogP contribution in [0, 0.1) is 5.82 Å². The molecule has 0 aliphatic heterocycles. The molecule has 0 atom stereocenters. The number of fused-ring (bicyclic) bond motifs is 1. The van der Waals surface area contributed by atoms with E-state index in [1.165, 1.54) is 18.4 Å². The summed E-state index contributed by atoms with van der Waals surface area (Å²) in [6.07, 6.45) is 3.53. The van der Waals surface area contributed by atoms with Gasteiger partial charge >= 0.3 is 0 Å². The maximum absolute atomic E-state index is 13.2. The van der Waals surface area contributed by atoms with Gasteiger partial charge in [-0.15, -0.1) is 0 Å². The number of carbonyl (C=O) groups is 1. The van der Waals surface area contributed by atoms with Gasteiger partial charge in [-0.25, -0.2) is 4.39 Å². The van der Waals surface area contributed by atoms with E-state index < -0.39 is 0 Å². The fraction of sp³-hybridized carbons (Fsp3) is 0.273. The highest BCUT2D eigenvalue weighted by molar-refractivity contribution is 5.78. The molecule has 3 aromatic rings. The molecule has 0 spiro atoms. The van der Waals surface area contributed by atoms with E-state index in [0.717, 1.165) is 18.4 Å². The van der Waals surface area contributed by atoms with Gasteiger partial charge in [-0.1, -0.05) is 37.6 Å². The van der Waals surface area contributed by atoms with Gasteiger partial charge in [0, 0.05) is 13.0 Å². The second-order valence-electron chi connectivity index (χ2n) is 6.57. The molecule has 0 radical (unpaired) electrons. The van der Waals surface area contributed by atoms with Crippen LogP contribution in [0.1, 0.15) is 37.3 Å². The Bertz CT molecular complexity index is 979. The summed E-state index contributed by atoms with van der Waals surface area (Å²) in [7, 11) is 0. The lowest BCUT2D eigenvalue weighted by atomic mass is 10.1. The van der Waals surface area contributed by atoms with Crippen molar-refractivity contribution >= 4 is 16.9 Å². The summed E-state index contributed by atoms with van der Waals surface area (Å²) < 4.78 is 18.7. The molecule has 0 fully saturated rings. The van der Waals surface area contributed by atoms with E-state index >= 15 is 0 Å². The lowest BCUT2D eigenvalue weighted by Crippen LogP contribution is -2.31. The Labute approximate surface area is 157 Å². The standard InChI is InChI=1S/C22H22FNO3/c1-2-3-8-21(25)24(13-16-9-11-18(23)12-10-16)14-17-15-27-20-7-5-4-6-19(20)22(17)26/h4-7,9-12,15H,2-3,8,13-14H2,1H3. The van der Waals surface area contributed by atoms with E-state index in [1.54, 1.807) is 41.3 Å². The molecule has 0 N–H and O–H groups in total. The fourth-order valence-corrected chi connectivity index (χ4v) is 2.96. The predicted molar refractivity (Wildman–Crippen MR) is 103 cm³/mol. The summed E-state index contributed by atoms with van der Waals surface area (Å²) in [5.41, 5.74) is 1.63. The van der Waals surface area contributed by atoms with Crippen LogP contribution in [0.5, 0.6) is 0 Å². The molecule has 1 aromatic heterocycles. The molecule has 0 unspecified atom stereocenters. The highest BCUT2D eigenvalue weighted by atomic mass is 19.1. The van der Waals surface area contributed by atoms with Crippen LogP contribution < -0.4 is 5.43 Å². The first-order valence-corrected chi connectivity index (χ1v) is 9.10. The van der Waals surface area contributed by atoms with Crippen molar-refractivity contribution in [3.8, 4) is 0 Å². The molecule has 5 heteroatoms. The third kappa shape index (κ3) is 4.61. The van der Waals surface area contributed by atoms with Crippen molar-refractivity contribution < 1.29 is 13.6 Å². The minimum absolute atomic E-state index is 0.0336. The highest BCUT2D eigenvalue weighted by Gasteiger charge is 2.17. The molecule has 27 heavy (non-hydrogen) atoms. The topological polar surface area (TPSA) is 50.5 Å². The van der Waals surface area contributed by atoms with E-state index in [1.807, 2.05) is 6.92 Å². The molecule has 3 rings (SSSR count). The van der Waals surface area contributed by atoms with Crippen LogP contribution in [0.3, 0.4) is 0 Å². The first-order valence-electron chi connectivity index (χ1n) is 9.10. The summed E-state index contributed by atoms with van der Waals surface area (Å²) >= 11 is 0. The van der Waals surface area contributed by atoms with Gasteiger partial charge in [-0.2, -0.15) is 0 Å². The lowest BCUT2D eigenvalue weighted by Gasteiger charge is -2.23. The monoisotopic (exact) mass is 367 g/mol. The molecular formula is C22H22FNO3. The quantitative estimate of drug-likeness (QED) is 0.611. The van der Waals surface area contributed by atoms with Crippen molar-refractivity contribution in [1.29, 1.82) is 0 Å². The summed E-state index contributed by atoms with van der Waals surface area (Å²) in [4.78, 5) is 27.1. The number of para-hydroxylation sites is 1. The van der Waals surface area contributed by atoms with E-state index in [9.17, 15) is 14.0 Å². The molecule has 0 aliphatic rings. The van der Waals surface area contributed by atoms with Gasteiger partial charge in [0.2, 0.25) is 5.91 Å². The Hall–Kier alpha value is -2.95. The average Bonchev–Trinajstić information content (AvgIpc) is 2.69. The number of carbonyl (C=O) groups excluding carboxylic acids is 1. The molecule has 0 bridgehead atoms. The zero-order valence-electron chi connectivity index (χ0n) is 15.3. The number of nitrogens with zero attached hydrogens (tertiary/aromatic N) is 1. The number of halogens is 1. The zero-order chi connectivity index (χ0) is 19.2. The van der Waals surface area contributed by atoms with E-state index in [-0.39, 0.29) is 23.7 Å². The summed E-state index contributed by atoms with van der Waals surface area (Å²) in [5, 5.41) is 0.498.